The molecule has 1 saturated carbocycles. The van der Waals surface area contributed by atoms with E-state index >= 15 is 0 Å². The van der Waals surface area contributed by atoms with Gasteiger partial charge in [-0.15, -0.1) is 4.72 Å². The van der Waals surface area contributed by atoms with Crippen molar-refractivity contribution in [3.8, 4) is 11.4 Å². The van der Waals surface area contributed by atoms with Gasteiger partial charge in [-0.2, -0.15) is 4.37 Å². The highest BCUT2D eigenvalue weighted by molar-refractivity contribution is 7.90. The van der Waals surface area contributed by atoms with Crippen molar-refractivity contribution in [1.82, 2.24) is 19.1 Å². The van der Waals surface area contributed by atoms with E-state index in [1.807, 2.05) is 40.0 Å². The van der Waals surface area contributed by atoms with Gasteiger partial charge >= 0.3 is 0 Å². The molecule has 0 aliphatic heterocycles. The van der Waals surface area contributed by atoms with Crippen molar-refractivity contribution in [3.05, 3.63) is 29.0 Å². The maximum absolute atomic E-state index is 12.2. The quantitative estimate of drug-likeness (QED) is 0.834. The second-order valence-electron chi connectivity index (χ2n) is 6.92. The van der Waals surface area contributed by atoms with E-state index in [-0.39, 0.29) is 10.8 Å². The van der Waals surface area contributed by atoms with Gasteiger partial charge in [-0.05, 0) is 64.2 Å². The summed E-state index contributed by atoms with van der Waals surface area (Å²) >= 11 is 0.231. The number of aromatic nitrogens is 3. The highest BCUT2D eigenvalue weighted by Crippen LogP contribution is 2.39. The van der Waals surface area contributed by atoms with Gasteiger partial charge in [-0.25, -0.2) is 4.98 Å². The van der Waals surface area contributed by atoms with Crippen molar-refractivity contribution in [3.63, 3.8) is 0 Å². The molecule has 124 valence electrons. The maximum Gasteiger partial charge on any atom is 0.173 e. The minimum absolute atomic E-state index is 0.0916. The average molecular weight is 351 g/mol. The first-order chi connectivity index (χ1) is 10.8. The van der Waals surface area contributed by atoms with Crippen LogP contribution < -0.4 is 4.72 Å². The highest BCUT2D eigenvalue weighted by atomic mass is 32.2. The summed E-state index contributed by atoms with van der Waals surface area (Å²) in [5.41, 5.74) is 2.15. The minimum Gasteiger partial charge on any atom is -0.598 e. The van der Waals surface area contributed by atoms with Crippen LogP contribution >= 0.6 is 11.5 Å². The van der Waals surface area contributed by atoms with E-state index in [2.05, 4.69) is 25.1 Å². The van der Waals surface area contributed by atoms with Crippen LogP contribution in [0.25, 0.3) is 11.4 Å². The van der Waals surface area contributed by atoms with Gasteiger partial charge in [0.15, 0.2) is 5.82 Å². The molecule has 0 bridgehead atoms. The van der Waals surface area contributed by atoms with Gasteiger partial charge in [-0.1, -0.05) is 0 Å². The molecule has 2 aromatic rings. The lowest BCUT2D eigenvalue weighted by Gasteiger charge is -2.25. The summed E-state index contributed by atoms with van der Waals surface area (Å²) in [5.74, 6) is 1.34. The molecule has 0 radical (unpaired) electrons. The van der Waals surface area contributed by atoms with Crippen molar-refractivity contribution in [2.75, 3.05) is 0 Å². The topological polar surface area (TPSA) is 73.8 Å². The molecule has 1 fully saturated rings. The molecule has 2 aromatic heterocycles. The minimum atomic E-state index is -1.13. The predicted molar refractivity (Wildman–Crippen MR) is 94.6 cm³/mol. The zero-order chi connectivity index (χ0) is 16.6. The monoisotopic (exact) mass is 350 g/mol. The fraction of sp³-hybridized carbons (Fsp3) is 0.562. The first kappa shape index (κ1) is 16.8. The molecular formula is C16H22N4OS2. The van der Waals surface area contributed by atoms with Gasteiger partial charge in [0.05, 0.1) is 0 Å². The van der Waals surface area contributed by atoms with Crippen LogP contribution in [0.3, 0.4) is 0 Å². The molecule has 1 aliphatic rings. The lowest BCUT2D eigenvalue weighted by atomic mass is 10.2. The van der Waals surface area contributed by atoms with Crippen molar-refractivity contribution in [1.29, 1.82) is 0 Å². The Kier molecular flexibility index (Phi) is 4.73. The molecule has 2 heterocycles. The lowest BCUT2D eigenvalue weighted by Crippen LogP contribution is -2.40. The van der Waals surface area contributed by atoms with Gasteiger partial charge in [0, 0.05) is 34.7 Å². The van der Waals surface area contributed by atoms with Crippen LogP contribution in [0.1, 0.15) is 63.2 Å². The molecule has 1 N–H and O–H groups in total. The Morgan fingerprint density at radius 2 is 2.13 bits per heavy atom. The molecule has 0 aromatic carbocycles. The summed E-state index contributed by atoms with van der Waals surface area (Å²) in [6.07, 6.45) is 4.29. The van der Waals surface area contributed by atoms with Gasteiger partial charge < -0.3 is 4.55 Å². The summed E-state index contributed by atoms with van der Waals surface area (Å²) in [5, 5.41) is 0.849. The van der Waals surface area contributed by atoms with Crippen LogP contribution in [-0.2, 0) is 11.4 Å². The smallest absolute Gasteiger partial charge is 0.173 e. The standard InChI is InChI=1S/C16H22N4OS2/c1-10(20-23(21)16(2,3)4)15-18-14(19-22-15)12-7-8-17-13(9-12)11-5-6-11/h7-11,20H,5-6H2,1-4H3/t10?,23-/m0/s1. The molecule has 1 aliphatic carbocycles. The molecule has 0 amide bonds. The van der Waals surface area contributed by atoms with Crippen molar-refractivity contribution >= 4 is 22.9 Å². The number of pyridine rings is 1. The molecule has 0 saturated heterocycles. The van der Waals surface area contributed by atoms with E-state index in [1.165, 1.54) is 24.4 Å². The Hall–Kier alpha value is -1.02. The summed E-state index contributed by atoms with van der Waals surface area (Å²) < 4.78 is 19.5. The molecule has 3 rings (SSSR count). The zero-order valence-corrected chi connectivity index (χ0v) is 15.5. The molecule has 2 atom stereocenters. The largest absolute Gasteiger partial charge is 0.598 e. The summed E-state index contributed by atoms with van der Waals surface area (Å²) in [6.45, 7) is 7.82. The number of nitrogens with one attached hydrogen (secondary N) is 1. The Balaban J connectivity index is 1.73. The second-order valence-corrected chi connectivity index (χ2v) is 9.70. The van der Waals surface area contributed by atoms with E-state index in [1.54, 1.807) is 0 Å². The molecule has 1 unspecified atom stereocenters. The van der Waals surface area contributed by atoms with E-state index in [4.69, 9.17) is 0 Å². The fourth-order valence-corrected chi connectivity index (χ4v) is 3.64. The number of hydrogen-bond acceptors (Lipinski definition) is 6. The SMILES string of the molecule is CC(N[S@@+]([O-])C(C)(C)C)c1nc(-c2ccnc(C3CC3)c2)ns1. The number of nitrogens with zero attached hydrogens (tertiary/aromatic N) is 3. The van der Waals surface area contributed by atoms with Crippen LogP contribution in [-0.4, -0.2) is 23.6 Å². The van der Waals surface area contributed by atoms with Crippen LogP contribution in [0, 0.1) is 0 Å². The van der Waals surface area contributed by atoms with Gasteiger partial charge in [0.25, 0.3) is 0 Å². The van der Waals surface area contributed by atoms with Crippen LogP contribution in [0.2, 0.25) is 0 Å². The van der Waals surface area contributed by atoms with E-state index in [9.17, 15) is 4.55 Å². The summed E-state index contributed by atoms with van der Waals surface area (Å²) in [7, 11) is 0. The molecule has 5 nitrogen and oxygen atoms in total. The first-order valence-corrected chi connectivity index (χ1v) is 9.75. The molecule has 7 heteroatoms. The van der Waals surface area contributed by atoms with E-state index < -0.39 is 11.4 Å². The Bertz CT molecular complexity index is 679. The van der Waals surface area contributed by atoms with Crippen LogP contribution in [0.4, 0.5) is 0 Å². The number of hydrogen-bond donors (Lipinski definition) is 1. The normalized spacial score (nSPS) is 18.0. The third-order valence-corrected chi connectivity index (χ3v) is 6.26. The third-order valence-electron chi connectivity index (χ3n) is 3.69. The Morgan fingerprint density at radius 1 is 1.39 bits per heavy atom. The van der Waals surface area contributed by atoms with Crippen molar-refractivity contribution < 1.29 is 4.55 Å². The first-order valence-electron chi connectivity index (χ1n) is 7.82. The van der Waals surface area contributed by atoms with Gasteiger partial charge in [0.1, 0.15) is 15.8 Å². The van der Waals surface area contributed by atoms with Crippen molar-refractivity contribution in [2.45, 2.75) is 57.2 Å². The second kappa shape index (κ2) is 6.47. The van der Waals surface area contributed by atoms with E-state index in [0.717, 1.165) is 22.1 Å². The number of rotatable bonds is 5. The highest BCUT2D eigenvalue weighted by Gasteiger charge is 2.29. The average Bonchev–Trinajstić information content (AvgIpc) is 3.23. The van der Waals surface area contributed by atoms with Gasteiger partial charge in [-0.3, -0.25) is 4.98 Å². The van der Waals surface area contributed by atoms with Crippen LogP contribution in [0.5, 0.6) is 0 Å². The maximum atomic E-state index is 12.2. The van der Waals surface area contributed by atoms with E-state index in [0.29, 0.717) is 5.92 Å². The van der Waals surface area contributed by atoms with Crippen molar-refractivity contribution in [2.24, 2.45) is 0 Å². The van der Waals surface area contributed by atoms with Crippen LogP contribution in [0.15, 0.2) is 18.3 Å². The predicted octanol–water partition coefficient (Wildman–Crippen LogP) is 3.59. The lowest BCUT2D eigenvalue weighted by molar-refractivity contribution is 0.531. The fourth-order valence-electron chi connectivity index (χ4n) is 2.11. The Labute approximate surface area is 144 Å². The molecular weight excluding hydrogens is 328 g/mol. The van der Waals surface area contributed by atoms with Gasteiger partial charge in [0.2, 0.25) is 0 Å². The Morgan fingerprint density at radius 3 is 2.78 bits per heavy atom. The summed E-state index contributed by atoms with van der Waals surface area (Å²) in [4.78, 5) is 9.05. The summed E-state index contributed by atoms with van der Waals surface area (Å²) in [6, 6.07) is 3.95. The molecule has 23 heavy (non-hydrogen) atoms. The zero-order valence-electron chi connectivity index (χ0n) is 13.9. The molecule has 0 spiro atoms. The third kappa shape index (κ3) is 4.09.